The van der Waals surface area contributed by atoms with Gasteiger partial charge in [0.25, 0.3) is 5.91 Å². The molecule has 1 aromatic carbocycles. The van der Waals surface area contributed by atoms with Crippen molar-refractivity contribution in [1.82, 2.24) is 20.4 Å². The predicted molar refractivity (Wildman–Crippen MR) is 117 cm³/mol. The molecule has 0 saturated heterocycles. The van der Waals surface area contributed by atoms with E-state index < -0.39 is 0 Å². The van der Waals surface area contributed by atoms with Crippen LogP contribution in [-0.2, 0) is 6.54 Å². The second-order valence-corrected chi connectivity index (χ2v) is 6.96. The number of nitrogens with one attached hydrogen (secondary N) is 2. The summed E-state index contributed by atoms with van der Waals surface area (Å²) in [5.41, 5.74) is 1.76. The molecule has 1 heterocycles. The quantitative estimate of drug-likeness (QED) is 0.501. The number of hydrogen-bond donors (Lipinski definition) is 2. The fraction of sp³-hybridized carbons (Fsp3) is 0.455. The largest absolute Gasteiger partial charge is 0.468 e. The van der Waals surface area contributed by atoms with Crippen molar-refractivity contribution in [2.45, 2.75) is 26.4 Å². The Morgan fingerprint density at radius 3 is 2.31 bits per heavy atom. The van der Waals surface area contributed by atoms with Gasteiger partial charge in [0.05, 0.1) is 12.3 Å². The highest BCUT2D eigenvalue weighted by molar-refractivity contribution is 5.93. The first-order valence-electron chi connectivity index (χ1n) is 10.0. The smallest absolute Gasteiger partial charge is 0.253 e. The van der Waals surface area contributed by atoms with Gasteiger partial charge in [0.1, 0.15) is 5.76 Å². The van der Waals surface area contributed by atoms with Gasteiger partial charge in [-0.2, -0.15) is 0 Å². The van der Waals surface area contributed by atoms with Gasteiger partial charge in [0, 0.05) is 39.8 Å². The fourth-order valence-corrected chi connectivity index (χ4v) is 3.18. The van der Waals surface area contributed by atoms with Gasteiger partial charge in [-0.15, -0.1) is 0 Å². The van der Waals surface area contributed by atoms with Crippen LogP contribution in [0.1, 0.15) is 41.6 Å². The van der Waals surface area contributed by atoms with E-state index in [0.717, 1.165) is 30.4 Å². The molecule has 7 heteroatoms. The monoisotopic (exact) mass is 399 g/mol. The Balaban J connectivity index is 1.93. The van der Waals surface area contributed by atoms with Crippen LogP contribution in [-0.4, -0.2) is 62.4 Å². The molecule has 0 fully saturated rings. The molecule has 29 heavy (non-hydrogen) atoms. The first-order valence-corrected chi connectivity index (χ1v) is 10.0. The van der Waals surface area contributed by atoms with Crippen LogP contribution in [0.25, 0.3) is 0 Å². The molecule has 2 rings (SSSR count). The van der Waals surface area contributed by atoms with Crippen molar-refractivity contribution in [1.29, 1.82) is 0 Å². The van der Waals surface area contributed by atoms with Crippen LogP contribution >= 0.6 is 0 Å². The fourth-order valence-electron chi connectivity index (χ4n) is 3.18. The molecule has 1 amide bonds. The maximum Gasteiger partial charge on any atom is 0.253 e. The number of benzene rings is 1. The van der Waals surface area contributed by atoms with E-state index in [1.54, 1.807) is 32.3 Å². The molecule has 1 aromatic heterocycles. The molecule has 0 bridgehead atoms. The zero-order valence-corrected chi connectivity index (χ0v) is 18.1. The normalized spacial score (nSPS) is 12.7. The molecule has 2 N–H and O–H groups in total. The lowest BCUT2D eigenvalue weighted by Gasteiger charge is -2.28. The molecule has 0 aliphatic carbocycles. The predicted octanol–water partition coefficient (Wildman–Crippen LogP) is 2.73. The van der Waals surface area contributed by atoms with Gasteiger partial charge in [-0.05, 0) is 42.9 Å². The van der Waals surface area contributed by atoms with E-state index in [9.17, 15) is 4.79 Å². The minimum Gasteiger partial charge on any atom is -0.468 e. The summed E-state index contributed by atoms with van der Waals surface area (Å²) in [6.07, 6.45) is 1.71. The lowest BCUT2D eigenvalue weighted by atomic mass is 10.1. The van der Waals surface area contributed by atoms with Gasteiger partial charge in [0.2, 0.25) is 0 Å². The van der Waals surface area contributed by atoms with Crippen molar-refractivity contribution in [2.75, 3.05) is 40.8 Å². The molecule has 158 valence electrons. The molecule has 0 aliphatic heterocycles. The number of hydrogen-bond acceptors (Lipinski definition) is 4. The Kier molecular flexibility index (Phi) is 8.73. The summed E-state index contributed by atoms with van der Waals surface area (Å²) >= 11 is 0. The van der Waals surface area contributed by atoms with Gasteiger partial charge in [0.15, 0.2) is 5.96 Å². The molecule has 1 unspecified atom stereocenters. The van der Waals surface area contributed by atoms with Crippen LogP contribution in [0, 0.1) is 0 Å². The minimum atomic E-state index is 0.00218. The summed E-state index contributed by atoms with van der Waals surface area (Å²) in [4.78, 5) is 20.2. The molecule has 0 aliphatic rings. The summed E-state index contributed by atoms with van der Waals surface area (Å²) in [5, 5.41) is 6.73. The first kappa shape index (κ1) is 22.5. The molecular formula is C22H33N5O2. The topological polar surface area (TPSA) is 73.1 Å². The van der Waals surface area contributed by atoms with E-state index >= 15 is 0 Å². The first-order chi connectivity index (χ1) is 14.0. The Hall–Kier alpha value is -2.80. The van der Waals surface area contributed by atoms with Crippen molar-refractivity contribution in [2.24, 2.45) is 4.99 Å². The van der Waals surface area contributed by atoms with Crippen molar-refractivity contribution in [3.63, 3.8) is 0 Å². The highest BCUT2D eigenvalue weighted by Gasteiger charge is 2.20. The second kappa shape index (κ2) is 11.3. The Morgan fingerprint density at radius 2 is 1.79 bits per heavy atom. The third kappa shape index (κ3) is 6.35. The molecule has 0 radical (unpaired) electrons. The Morgan fingerprint density at radius 1 is 1.10 bits per heavy atom. The average molecular weight is 400 g/mol. The minimum absolute atomic E-state index is 0.00218. The van der Waals surface area contributed by atoms with Crippen molar-refractivity contribution in [3.05, 3.63) is 59.5 Å². The summed E-state index contributed by atoms with van der Waals surface area (Å²) < 4.78 is 5.65. The molecule has 0 spiro atoms. The van der Waals surface area contributed by atoms with E-state index in [1.807, 2.05) is 36.4 Å². The van der Waals surface area contributed by atoms with Gasteiger partial charge in [-0.25, -0.2) is 0 Å². The van der Waals surface area contributed by atoms with Crippen molar-refractivity contribution in [3.8, 4) is 0 Å². The number of furan rings is 1. The van der Waals surface area contributed by atoms with Crippen LogP contribution in [0.15, 0.2) is 52.1 Å². The maximum atomic E-state index is 12.0. The van der Waals surface area contributed by atoms with Gasteiger partial charge < -0.3 is 20.0 Å². The molecular weight excluding hydrogens is 366 g/mol. The standard InChI is InChI=1S/C22H33N5O2/c1-6-27(7-2)19(20-9-8-14-29-20)16-25-22(23-3)24-15-17-10-12-18(13-11-17)21(28)26(4)5/h8-14,19H,6-7,15-16H2,1-5H3,(H2,23,24,25). The third-order valence-corrected chi connectivity index (χ3v) is 4.88. The van der Waals surface area contributed by atoms with E-state index in [1.165, 1.54) is 0 Å². The highest BCUT2D eigenvalue weighted by atomic mass is 16.3. The van der Waals surface area contributed by atoms with Gasteiger partial charge in [-0.3, -0.25) is 14.7 Å². The van der Waals surface area contributed by atoms with E-state index in [0.29, 0.717) is 18.7 Å². The van der Waals surface area contributed by atoms with Crippen LogP contribution in [0.2, 0.25) is 0 Å². The number of guanidine groups is 1. The van der Waals surface area contributed by atoms with E-state index in [4.69, 9.17) is 4.42 Å². The zero-order valence-electron chi connectivity index (χ0n) is 18.1. The number of rotatable bonds is 9. The van der Waals surface area contributed by atoms with Crippen molar-refractivity contribution < 1.29 is 9.21 Å². The van der Waals surface area contributed by atoms with Crippen molar-refractivity contribution >= 4 is 11.9 Å². The van der Waals surface area contributed by atoms with Gasteiger partial charge in [-0.1, -0.05) is 26.0 Å². The number of likely N-dealkylation sites (N-methyl/N-ethyl adjacent to an activating group) is 1. The average Bonchev–Trinajstić information content (AvgIpc) is 3.27. The summed E-state index contributed by atoms with van der Waals surface area (Å²) in [6.45, 7) is 7.48. The lowest BCUT2D eigenvalue weighted by molar-refractivity contribution is 0.0827. The Bertz CT molecular complexity index is 765. The Labute approximate surface area is 173 Å². The maximum absolute atomic E-state index is 12.0. The highest BCUT2D eigenvalue weighted by Crippen LogP contribution is 2.20. The van der Waals surface area contributed by atoms with Crippen LogP contribution < -0.4 is 10.6 Å². The van der Waals surface area contributed by atoms with E-state index in [2.05, 4.69) is 34.4 Å². The number of nitrogens with zero attached hydrogens (tertiary/aromatic N) is 3. The summed E-state index contributed by atoms with van der Waals surface area (Å²) in [5.74, 6) is 1.67. The second-order valence-electron chi connectivity index (χ2n) is 6.96. The molecule has 7 nitrogen and oxygen atoms in total. The number of amides is 1. The number of aliphatic imine (C=N–C) groups is 1. The van der Waals surface area contributed by atoms with E-state index in [-0.39, 0.29) is 11.9 Å². The lowest BCUT2D eigenvalue weighted by Crippen LogP contribution is -2.42. The number of carbonyl (C=O) groups excluding carboxylic acids is 1. The SMILES string of the molecule is CCN(CC)C(CNC(=NC)NCc1ccc(C(=O)N(C)C)cc1)c1ccco1. The summed E-state index contributed by atoms with van der Waals surface area (Å²) in [7, 11) is 5.26. The summed E-state index contributed by atoms with van der Waals surface area (Å²) in [6, 6.07) is 11.7. The van der Waals surface area contributed by atoms with Crippen LogP contribution in [0.4, 0.5) is 0 Å². The molecule has 2 aromatic rings. The van der Waals surface area contributed by atoms with Crippen LogP contribution in [0.5, 0.6) is 0 Å². The third-order valence-electron chi connectivity index (χ3n) is 4.88. The molecule has 1 atom stereocenters. The van der Waals surface area contributed by atoms with Gasteiger partial charge >= 0.3 is 0 Å². The zero-order chi connectivity index (χ0) is 21.2. The van der Waals surface area contributed by atoms with Crippen LogP contribution in [0.3, 0.4) is 0 Å². The number of carbonyl (C=O) groups is 1. The molecule has 0 saturated carbocycles.